The minimum atomic E-state index is 0.193. The smallest absolute Gasteiger partial charge is 0.0800 e. The first kappa shape index (κ1) is 14.2. The van der Waals surface area contributed by atoms with Crippen molar-refractivity contribution >= 4 is 0 Å². The predicted molar refractivity (Wildman–Crippen MR) is 74.2 cm³/mol. The molecule has 17 heavy (non-hydrogen) atoms. The van der Waals surface area contributed by atoms with Gasteiger partial charge < -0.3 is 4.74 Å². The first-order chi connectivity index (χ1) is 8.02. The summed E-state index contributed by atoms with van der Waals surface area (Å²) in [5.74, 6) is 0.717. The summed E-state index contributed by atoms with van der Waals surface area (Å²) >= 11 is 0. The van der Waals surface area contributed by atoms with Gasteiger partial charge in [0.05, 0.1) is 12.2 Å². The summed E-state index contributed by atoms with van der Waals surface area (Å²) in [6.07, 6.45) is 2.75. The minimum Gasteiger partial charge on any atom is -0.371 e. The van der Waals surface area contributed by atoms with Crippen molar-refractivity contribution in [2.45, 2.75) is 59.7 Å². The Hall–Kier alpha value is -0.820. The summed E-state index contributed by atoms with van der Waals surface area (Å²) in [7, 11) is 0. The van der Waals surface area contributed by atoms with Crippen LogP contribution >= 0.6 is 0 Å². The molecule has 0 aliphatic heterocycles. The first-order valence-corrected chi connectivity index (χ1v) is 6.77. The number of benzene rings is 1. The molecule has 0 aliphatic carbocycles. The van der Waals surface area contributed by atoms with Crippen molar-refractivity contribution in [1.82, 2.24) is 0 Å². The lowest BCUT2D eigenvalue weighted by molar-refractivity contribution is 0.00547. The molecule has 2 atom stereocenters. The Bertz CT molecular complexity index is 313. The lowest BCUT2D eigenvalue weighted by Crippen LogP contribution is -2.10. The molecule has 0 saturated heterocycles. The van der Waals surface area contributed by atoms with Gasteiger partial charge >= 0.3 is 0 Å². The molecule has 0 N–H and O–H groups in total. The third-order valence-electron chi connectivity index (χ3n) is 3.10. The number of ether oxygens (including phenoxy) is 1. The molecule has 0 spiro atoms. The summed E-state index contributed by atoms with van der Waals surface area (Å²) in [6.45, 7) is 10.9. The van der Waals surface area contributed by atoms with Crippen LogP contribution in [0.5, 0.6) is 0 Å². The average Bonchev–Trinajstić information content (AvgIpc) is 2.28. The van der Waals surface area contributed by atoms with Crippen LogP contribution in [0.25, 0.3) is 0 Å². The van der Waals surface area contributed by atoms with Gasteiger partial charge in [0, 0.05) is 0 Å². The highest BCUT2D eigenvalue weighted by atomic mass is 16.5. The Morgan fingerprint density at radius 3 is 2.06 bits per heavy atom. The maximum absolute atomic E-state index is 5.91. The zero-order valence-corrected chi connectivity index (χ0v) is 11.9. The maximum atomic E-state index is 5.91. The molecule has 0 radical (unpaired) electrons. The van der Waals surface area contributed by atoms with Crippen LogP contribution in [0.2, 0.25) is 0 Å². The van der Waals surface area contributed by atoms with Gasteiger partial charge in [-0.25, -0.2) is 0 Å². The summed E-state index contributed by atoms with van der Waals surface area (Å²) in [5, 5.41) is 0. The maximum Gasteiger partial charge on any atom is 0.0800 e. The predicted octanol–water partition coefficient (Wildman–Crippen LogP) is 4.76. The second kappa shape index (κ2) is 6.80. The standard InChI is InChI=1S/C16H26O/c1-6-13(4)17-14(5)16-9-7-15(8-10-16)11-12(2)3/h7-10,12-14H,6,11H2,1-5H3/t13-,14-/m1/s1. The second-order valence-electron chi connectivity index (χ2n) is 5.34. The van der Waals surface area contributed by atoms with Gasteiger partial charge in [-0.3, -0.25) is 0 Å². The van der Waals surface area contributed by atoms with Gasteiger partial charge in [0.15, 0.2) is 0 Å². The minimum absolute atomic E-state index is 0.193. The quantitative estimate of drug-likeness (QED) is 0.689. The Balaban J connectivity index is 2.60. The summed E-state index contributed by atoms with van der Waals surface area (Å²) in [5.41, 5.74) is 2.69. The fraction of sp³-hybridized carbons (Fsp3) is 0.625. The van der Waals surface area contributed by atoms with E-state index in [2.05, 4.69) is 58.9 Å². The van der Waals surface area contributed by atoms with Crippen molar-refractivity contribution in [2.75, 3.05) is 0 Å². The molecule has 0 unspecified atom stereocenters. The summed E-state index contributed by atoms with van der Waals surface area (Å²) in [6, 6.07) is 8.85. The van der Waals surface area contributed by atoms with Gasteiger partial charge in [-0.15, -0.1) is 0 Å². The summed E-state index contributed by atoms with van der Waals surface area (Å²) < 4.78 is 5.91. The molecular formula is C16H26O. The number of hydrogen-bond donors (Lipinski definition) is 0. The lowest BCUT2D eigenvalue weighted by Gasteiger charge is -2.18. The van der Waals surface area contributed by atoms with E-state index in [1.165, 1.54) is 11.1 Å². The van der Waals surface area contributed by atoms with Crippen LogP contribution in [0, 0.1) is 5.92 Å². The van der Waals surface area contributed by atoms with Crippen LogP contribution in [0.15, 0.2) is 24.3 Å². The van der Waals surface area contributed by atoms with Crippen molar-refractivity contribution in [3.05, 3.63) is 35.4 Å². The molecule has 0 bridgehead atoms. The number of rotatable bonds is 6. The third kappa shape index (κ3) is 4.91. The van der Waals surface area contributed by atoms with Crippen molar-refractivity contribution in [1.29, 1.82) is 0 Å². The van der Waals surface area contributed by atoms with Crippen molar-refractivity contribution in [3.8, 4) is 0 Å². The van der Waals surface area contributed by atoms with Crippen LogP contribution in [-0.2, 0) is 11.2 Å². The molecule has 1 rings (SSSR count). The zero-order valence-electron chi connectivity index (χ0n) is 11.9. The van der Waals surface area contributed by atoms with Gasteiger partial charge in [0.2, 0.25) is 0 Å². The van der Waals surface area contributed by atoms with Gasteiger partial charge in [0.25, 0.3) is 0 Å². The zero-order chi connectivity index (χ0) is 12.8. The van der Waals surface area contributed by atoms with Crippen molar-refractivity contribution < 1.29 is 4.74 Å². The van der Waals surface area contributed by atoms with Gasteiger partial charge in [-0.2, -0.15) is 0 Å². The van der Waals surface area contributed by atoms with Gasteiger partial charge in [0.1, 0.15) is 0 Å². The van der Waals surface area contributed by atoms with Crippen LogP contribution in [0.4, 0.5) is 0 Å². The van der Waals surface area contributed by atoms with Crippen LogP contribution in [-0.4, -0.2) is 6.10 Å². The molecule has 1 nitrogen and oxygen atoms in total. The highest BCUT2D eigenvalue weighted by Crippen LogP contribution is 2.20. The largest absolute Gasteiger partial charge is 0.371 e. The molecule has 0 aliphatic rings. The van der Waals surface area contributed by atoms with E-state index in [9.17, 15) is 0 Å². The first-order valence-electron chi connectivity index (χ1n) is 6.77. The summed E-state index contributed by atoms with van der Waals surface area (Å²) in [4.78, 5) is 0. The third-order valence-corrected chi connectivity index (χ3v) is 3.10. The van der Waals surface area contributed by atoms with Crippen molar-refractivity contribution in [3.63, 3.8) is 0 Å². The second-order valence-corrected chi connectivity index (χ2v) is 5.34. The van der Waals surface area contributed by atoms with E-state index < -0.39 is 0 Å². The lowest BCUT2D eigenvalue weighted by atomic mass is 10.0. The topological polar surface area (TPSA) is 9.23 Å². The van der Waals surface area contributed by atoms with E-state index >= 15 is 0 Å². The highest BCUT2D eigenvalue weighted by molar-refractivity contribution is 5.24. The van der Waals surface area contributed by atoms with E-state index in [1.54, 1.807) is 0 Å². The van der Waals surface area contributed by atoms with Crippen molar-refractivity contribution in [2.24, 2.45) is 5.92 Å². The molecule has 0 amide bonds. The Morgan fingerprint density at radius 2 is 1.59 bits per heavy atom. The molecule has 0 saturated carbocycles. The molecular weight excluding hydrogens is 208 g/mol. The highest BCUT2D eigenvalue weighted by Gasteiger charge is 2.09. The van der Waals surface area contributed by atoms with E-state index in [0.29, 0.717) is 6.10 Å². The van der Waals surface area contributed by atoms with Crippen LogP contribution in [0.1, 0.15) is 58.3 Å². The van der Waals surface area contributed by atoms with E-state index in [4.69, 9.17) is 4.74 Å². The monoisotopic (exact) mass is 234 g/mol. The van der Waals surface area contributed by atoms with E-state index in [0.717, 1.165) is 18.8 Å². The van der Waals surface area contributed by atoms with E-state index in [1.807, 2.05) is 0 Å². The molecule has 0 aromatic heterocycles. The molecule has 1 aromatic rings. The molecule has 1 heteroatoms. The fourth-order valence-corrected chi connectivity index (χ4v) is 1.92. The van der Waals surface area contributed by atoms with Gasteiger partial charge in [-0.1, -0.05) is 45.0 Å². The fourth-order valence-electron chi connectivity index (χ4n) is 1.92. The average molecular weight is 234 g/mol. The normalized spacial score (nSPS) is 14.9. The Morgan fingerprint density at radius 1 is 1.00 bits per heavy atom. The van der Waals surface area contributed by atoms with E-state index in [-0.39, 0.29) is 6.10 Å². The van der Waals surface area contributed by atoms with Gasteiger partial charge in [-0.05, 0) is 43.7 Å². The number of hydrogen-bond acceptors (Lipinski definition) is 1. The molecule has 1 aromatic carbocycles. The van der Waals surface area contributed by atoms with Crippen LogP contribution in [0.3, 0.4) is 0 Å². The SMILES string of the molecule is CC[C@@H](C)O[C@H](C)c1ccc(CC(C)C)cc1. The van der Waals surface area contributed by atoms with Crippen LogP contribution < -0.4 is 0 Å². The Labute approximate surface area is 106 Å². The Kier molecular flexibility index (Phi) is 5.70. The molecule has 0 heterocycles. The molecule has 96 valence electrons. The molecule has 0 fully saturated rings.